The summed E-state index contributed by atoms with van der Waals surface area (Å²) in [4.78, 5) is 32.9. The van der Waals surface area contributed by atoms with Crippen LogP contribution in [0, 0.1) is 13.8 Å². The molecule has 0 atom stereocenters. The number of nitrogens with one attached hydrogen (secondary N) is 1. The van der Waals surface area contributed by atoms with Crippen molar-refractivity contribution in [3.8, 4) is 10.6 Å². The van der Waals surface area contributed by atoms with E-state index in [0.717, 1.165) is 42.1 Å². The molecule has 4 rings (SSSR count). The molecule has 0 radical (unpaired) electrons. The third-order valence-electron chi connectivity index (χ3n) is 4.91. The van der Waals surface area contributed by atoms with Gasteiger partial charge in [-0.3, -0.25) is 9.59 Å². The van der Waals surface area contributed by atoms with E-state index in [2.05, 4.69) is 10.3 Å². The molecule has 28 heavy (non-hydrogen) atoms. The van der Waals surface area contributed by atoms with Crippen LogP contribution in [0.25, 0.3) is 10.6 Å². The van der Waals surface area contributed by atoms with Crippen LogP contribution in [0.4, 0.5) is 5.69 Å². The van der Waals surface area contributed by atoms with Gasteiger partial charge in [-0.05, 0) is 49.8 Å². The molecule has 1 aromatic carbocycles. The Labute approximate surface area is 172 Å². The van der Waals surface area contributed by atoms with Crippen molar-refractivity contribution in [2.45, 2.75) is 26.7 Å². The molecule has 0 spiro atoms. The average molecular weight is 412 g/mol. The predicted molar refractivity (Wildman–Crippen MR) is 114 cm³/mol. The van der Waals surface area contributed by atoms with Crippen LogP contribution < -0.4 is 5.32 Å². The van der Waals surface area contributed by atoms with Crippen molar-refractivity contribution in [1.82, 2.24) is 9.88 Å². The van der Waals surface area contributed by atoms with Crippen molar-refractivity contribution in [2.75, 3.05) is 18.4 Å². The summed E-state index contributed by atoms with van der Waals surface area (Å²) in [6.45, 7) is 5.30. The molecule has 1 aliphatic heterocycles. The van der Waals surface area contributed by atoms with Gasteiger partial charge < -0.3 is 10.2 Å². The molecule has 0 bridgehead atoms. The number of carbonyl (C=O) groups excluding carboxylic acids is 2. The molecule has 0 aliphatic carbocycles. The molecule has 2 amide bonds. The maximum Gasteiger partial charge on any atom is 0.267 e. The topological polar surface area (TPSA) is 62.3 Å². The van der Waals surface area contributed by atoms with Gasteiger partial charge in [0.05, 0.1) is 16.9 Å². The fourth-order valence-corrected chi connectivity index (χ4v) is 5.06. The molecule has 2 aromatic heterocycles. The summed E-state index contributed by atoms with van der Waals surface area (Å²) in [5.74, 6) is -0.238. The van der Waals surface area contributed by atoms with Crippen LogP contribution in [0.1, 0.15) is 44.1 Å². The van der Waals surface area contributed by atoms with E-state index in [0.29, 0.717) is 21.8 Å². The van der Waals surface area contributed by atoms with Crippen molar-refractivity contribution in [2.24, 2.45) is 0 Å². The van der Waals surface area contributed by atoms with Gasteiger partial charge >= 0.3 is 0 Å². The Balaban J connectivity index is 1.62. The van der Waals surface area contributed by atoms with E-state index in [1.165, 1.54) is 11.3 Å². The lowest BCUT2D eigenvalue weighted by Gasteiger charge is -2.19. The smallest absolute Gasteiger partial charge is 0.267 e. The van der Waals surface area contributed by atoms with E-state index >= 15 is 0 Å². The average Bonchev–Trinajstić information content (AvgIpc) is 3.44. The molecule has 5 nitrogen and oxygen atoms in total. The zero-order valence-corrected chi connectivity index (χ0v) is 17.5. The summed E-state index contributed by atoms with van der Waals surface area (Å²) in [6.07, 6.45) is 2.06. The molecule has 1 saturated heterocycles. The molecular weight excluding hydrogens is 390 g/mol. The molecule has 0 saturated carbocycles. The Hall–Kier alpha value is -2.51. The van der Waals surface area contributed by atoms with Crippen molar-refractivity contribution in [3.63, 3.8) is 0 Å². The Morgan fingerprint density at radius 3 is 2.64 bits per heavy atom. The van der Waals surface area contributed by atoms with Crippen LogP contribution in [-0.2, 0) is 0 Å². The number of hydrogen-bond acceptors (Lipinski definition) is 5. The Bertz CT molecular complexity index is 1020. The lowest BCUT2D eigenvalue weighted by atomic mass is 10.1. The number of nitrogens with zero attached hydrogens (tertiary/aromatic N) is 2. The number of thiazole rings is 1. The number of carbonyl (C=O) groups is 2. The lowest BCUT2D eigenvalue weighted by Crippen LogP contribution is -2.29. The largest absolute Gasteiger partial charge is 0.339 e. The number of para-hydroxylation sites is 1. The third kappa shape index (κ3) is 3.59. The maximum atomic E-state index is 13.0. The first-order chi connectivity index (χ1) is 13.5. The number of aromatic nitrogens is 1. The van der Waals surface area contributed by atoms with Crippen molar-refractivity contribution in [3.05, 3.63) is 56.7 Å². The van der Waals surface area contributed by atoms with Gasteiger partial charge in [0.15, 0.2) is 0 Å². The van der Waals surface area contributed by atoms with Gasteiger partial charge in [-0.25, -0.2) is 4.98 Å². The van der Waals surface area contributed by atoms with Crippen LogP contribution in [0.3, 0.4) is 0 Å². The van der Waals surface area contributed by atoms with E-state index in [1.807, 2.05) is 47.7 Å². The third-order valence-corrected chi connectivity index (χ3v) is 6.79. The zero-order chi connectivity index (χ0) is 19.7. The second-order valence-electron chi connectivity index (χ2n) is 6.90. The Kier molecular flexibility index (Phi) is 5.28. The van der Waals surface area contributed by atoms with Gasteiger partial charge in [0.25, 0.3) is 11.8 Å². The van der Waals surface area contributed by atoms with Gasteiger partial charge in [0, 0.05) is 24.0 Å². The maximum absolute atomic E-state index is 13.0. The number of hydrogen-bond donors (Lipinski definition) is 1. The summed E-state index contributed by atoms with van der Waals surface area (Å²) < 4.78 is 0. The Morgan fingerprint density at radius 1 is 1.14 bits per heavy atom. The van der Waals surface area contributed by atoms with Crippen LogP contribution >= 0.6 is 22.7 Å². The molecule has 7 heteroatoms. The first-order valence-electron chi connectivity index (χ1n) is 9.25. The highest BCUT2D eigenvalue weighted by Crippen LogP contribution is 2.31. The number of aryl methyl sites for hydroxylation is 2. The molecule has 0 unspecified atom stereocenters. The van der Waals surface area contributed by atoms with E-state index in [1.54, 1.807) is 17.4 Å². The van der Waals surface area contributed by atoms with E-state index in [-0.39, 0.29) is 11.8 Å². The monoisotopic (exact) mass is 411 g/mol. The molecular formula is C21H21N3O2S2. The number of benzene rings is 1. The molecule has 1 aliphatic rings. The van der Waals surface area contributed by atoms with Gasteiger partial charge in [-0.1, -0.05) is 12.1 Å². The predicted octanol–water partition coefficient (Wildman–Crippen LogP) is 4.98. The highest BCUT2D eigenvalue weighted by atomic mass is 32.1. The quantitative estimate of drug-likeness (QED) is 0.659. The number of amides is 2. The zero-order valence-electron chi connectivity index (χ0n) is 15.8. The number of rotatable bonds is 4. The highest BCUT2D eigenvalue weighted by Gasteiger charge is 2.24. The molecule has 1 N–H and O–H groups in total. The minimum Gasteiger partial charge on any atom is -0.339 e. The minimum atomic E-state index is -0.221. The second kappa shape index (κ2) is 7.85. The number of thiophene rings is 1. The van der Waals surface area contributed by atoms with Crippen molar-refractivity contribution >= 4 is 40.2 Å². The fourth-order valence-electron chi connectivity index (χ4n) is 3.39. The van der Waals surface area contributed by atoms with Crippen molar-refractivity contribution in [1.29, 1.82) is 0 Å². The lowest BCUT2D eigenvalue weighted by molar-refractivity contribution is 0.0794. The first-order valence-corrected chi connectivity index (χ1v) is 11.0. The number of likely N-dealkylation sites (tertiary alicyclic amines) is 1. The van der Waals surface area contributed by atoms with Gasteiger partial charge in [0.2, 0.25) is 0 Å². The number of anilines is 1. The summed E-state index contributed by atoms with van der Waals surface area (Å²) in [7, 11) is 0. The SMILES string of the molecule is Cc1cccc(C(=O)N2CCCC2)c1NC(=O)c1sc(-c2ccsc2)nc1C. The van der Waals surface area contributed by atoms with Gasteiger partial charge in [0.1, 0.15) is 9.88 Å². The molecule has 1 fully saturated rings. The minimum absolute atomic E-state index is 0.0171. The molecule has 3 aromatic rings. The normalized spacial score (nSPS) is 13.7. The summed E-state index contributed by atoms with van der Waals surface area (Å²) in [5.41, 5.74) is 3.74. The second-order valence-corrected chi connectivity index (χ2v) is 8.68. The Morgan fingerprint density at radius 2 is 1.93 bits per heavy atom. The first kappa shape index (κ1) is 18.8. The van der Waals surface area contributed by atoms with Crippen LogP contribution in [0.5, 0.6) is 0 Å². The molecule has 3 heterocycles. The van der Waals surface area contributed by atoms with Gasteiger partial charge in [-0.2, -0.15) is 11.3 Å². The summed E-state index contributed by atoms with van der Waals surface area (Å²) >= 11 is 2.98. The highest BCUT2D eigenvalue weighted by molar-refractivity contribution is 7.17. The summed E-state index contributed by atoms with van der Waals surface area (Å²) in [5, 5.41) is 7.84. The molecule has 144 valence electrons. The van der Waals surface area contributed by atoms with Crippen LogP contribution in [0.15, 0.2) is 35.0 Å². The van der Waals surface area contributed by atoms with Crippen molar-refractivity contribution < 1.29 is 9.59 Å². The van der Waals surface area contributed by atoms with E-state index in [9.17, 15) is 9.59 Å². The fraction of sp³-hybridized carbons (Fsp3) is 0.286. The van der Waals surface area contributed by atoms with Crippen LogP contribution in [-0.4, -0.2) is 34.8 Å². The van der Waals surface area contributed by atoms with E-state index in [4.69, 9.17) is 0 Å². The van der Waals surface area contributed by atoms with Gasteiger partial charge in [-0.15, -0.1) is 11.3 Å². The van der Waals surface area contributed by atoms with E-state index < -0.39 is 0 Å². The summed E-state index contributed by atoms with van der Waals surface area (Å²) in [6, 6.07) is 7.56. The van der Waals surface area contributed by atoms with Crippen LogP contribution in [0.2, 0.25) is 0 Å². The standard InChI is InChI=1S/C21H21N3O2S2/c1-13-6-5-7-16(21(26)24-9-3-4-10-24)17(13)23-19(25)18-14(2)22-20(28-18)15-8-11-27-12-15/h5-8,11-12H,3-4,9-10H2,1-2H3,(H,23,25).